The summed E-state index contributed by atoms with van der Waals surface area (Å²) in [6.45, 7) is 1.47. The lowest BCUT2D eigenvalue weighted by Crippen LogP contribution is -2.25. The molecule has 3 nitrogen and oxygen atoms in total. The van der Waals surface area contributed by atoms with Crippen LogP contribution in [0.25, 0.3) is 0 Å². The fourth-order valence-electron chi connectivity index (χ4n) is 1.04. The smallest absolute Gasteiger partial charge is 0.181 e. The van der Waals surface area contributed by atoms with Crippen LogP contribution in [0.15, 0.2) is 18.3 Å². The normalized spacial score (nSPS) is 15.5. The SMILES string of the molecule is SN1CCOc2cccnc21. The van der Waals surface area contributed by atoms with E-state index in [-0.39, 0.29) is 0 Å². The standard InChI is InChI=1S/C7H8N2OS/c11-9-4-5-10-6-2-1-3-8-7(6)9/h1-3,11H,4-5H2. The summed E-state index contributed by atoms with van der Waals surface area (Å²) in [5, 5.41) is 0. The van der Waals surface area contributed by atoms with Gasteiger partial charge >= 0.3 is 0 Å². The van der Waals surface area contributed by atoms with Crippen molar-refractivity contribution >= 4 is 18.6 Å². The van der Waals surface area contributed by atoms with Gasteiger partial charge in [-0.05, 0) is 12.1 Å². The van der Waals surface area contributed by atoms with Crippen LogP contribution in [0.5, 0.6) is 5.75 Å². The molecule has 11 heavy (non-hydrogen) atoms. The second-order valence-corrected chi connectivity index (χ2v) is 2.78. The van der Waals surface area contributed by atoms with E-state index in [4.69, 9.17) is 4.74 Å². The van der Waals surface area contributed by atoms with Crippen molar-refractivity contribution in [1.82, 2.24) is 4.98 Å². The summed E-state index contributed by atoms with van der Waals surface area (Å²) in [5.74, 6) is 1.62. The molecule has 1 aliphatic rings. The van der Waals surface area contributed by atoms with Crippen molar-refractivity contribution in [3.63, 3.8) is 0 Å². The van der Waals surface area contributed by atoms with Gasteiger partial charge < -0.3 is 4.74 Å². The van der Waals surface area contributed by atoms with Gasteiger partial charge in [-0.3, -0.25) is 4.31 Å². The van der Waals surface area contributed by atoms with E-state index in [0.29, 0.717) is 6.61 Å². The molecule has 2 rings (SSSR count). The molecule has 0 saturated heterocycles. The van der Waals surface area contributed by atoms with Gasteiger partial charge in [0, 0.05) is 6.20 Å². The van der Waals surface area contributed by atoms with Crippen LogP contribution in [0.3, 0.4) is 0 Å². The molecule has 0 aromatic carbocycles. The summed E-state index contributed by atoms with van der Waals surface area (Å²) in [5.41, 5.74) is 0. The number of pyridine rings is 1. The molecule has 0 radical (unpaired) electrons. The number of ether oxygens (including phenoxy) is 1. The van der Waals surface area contributed by atoms with Gasteiger partial charge in [0.15, 0.2) is 11.6 Å². The summed E-state index contributed by atoms with van der Waals surface area (Å²) in [6.07, 6.45) is 1.73. The highest BCUT2D eigenvalue weighted by Gasteiger charge is 2.15. The van der Waals surface area contributed by atoms with Gasteiger partial charge in [0.25, 0.3) is 0 Å². The Kier molecular flexibility index (Phi) is 1.62. The molecular weight excluding hydrogens is 160 g/mol. The topological polar surface area (TPSA) is 25.4 Å². The van der Waals surface area contributed by atoms with Gasteiger partial charge in [-0.1, -0.05) is 12.8 Å². The van der Waals surface area contributed by atoms with E-state index in [1.54, 1.807) is 10.5 Å². The Bertz CT molecular complexity index is 266. The van der Waals surface area contributed by atoms with E-state index in [0.717, 1.165) is 18.1 Å². The number of rotatable bonds is 0. The third kappa shape index (κ3) is 1.14. The van der Waals surface area contributed by atoms with Crippen molar-refractivity contribution in [2.45, 2.75) is 0 Å². The zero-order chi connectivity index (χ0) is 7.68. The predicted molar refractivity (Wildman–Crippen MR) is 46.1 cm³/mol. The maximum absolute atomic E-state index is 5.34. The van der Waals surface area contributed by atoms with Gasteiger partial charge in [0.05, 0.1) is 6.54 Å². The number of hydrogen-bond donors (Lipinski definition) is 1. The molecule has 1 aromatic rings. The minimum Gasteiger partial charge on any atom is -0.488 e. The molecule has 4 heteroatoms. The lowest BCUT2D eigenvalue weighted by Gasteiger charge is -2.24. The molecule has 1 aliphatic heterocycles. The second-order valence-electron chi connectivity index (χ2n) is 2.30. The Morgan fingerprint density at radius 2 is 2.55 bits per heavy atom. The van der Waals surface area contributed by atoms with E-state index in [1.165, 1.54) is 0 Å². The Hall–Kier alpha value is -0.900. The molecule has 0 aliphatic carbocycles. The molecule has 0 amide bonds. The maximum Gasteiger partial charge on any atom is 0.181 e. The van der Waals surface area contributed by atoms with Gasteiger partial charge in [-0.25, -0.2) is 4.98 Å². The molecule has 58 valence electrons. The molecule has 0 atom stereocenters. The lowest BCUT2D eigenvalue weighted by molar-refractivity contribution is 0.315. The van der Waals surface area contributed by atoms with Gasteiger partial charge in [0.2, 0.25) is 0 Å². The van der Waals surface area contributed by atoms with Crippen molar-refractivity contribution in [2.75, 3.05) is 17.5 Å². The van der Waals surface area contributed by atoms with Crippen LogP contribution in [0, 0.1) is 0 Å². The Balaban J connectivity index is 2.44. The molecule has 0 N–H and O–H groups in total. The zero-order valence-electron chi connectivity index (χ0n) is 5.90. The average molecular weight is 168 g/mol. The highest BCUT2D eigenvalue weighted by atomic mass is 32.1. The number of hydrogen-bond acceptors (Lipinski definition) is 4. The number of fused-ring (bicyclic) bond motifs is 1. The molecule has 1 aromatic heterocycles. The van der Waals surface area contributed by atoms with E-state index in [9.17, 15) is 0 Å². The summed E-state index contributed by atoms with van der Waals surface area (Å²) in [6, 6.07) is 3.75. The Morgan fingerprint density at radius 1 is 1.64 bits per heavy atom. The first kappa shape index (κ1) is 6.79. The van der Waals surface area contributed by atoms with Gasteiger partial charge in [-0.15, -0.1) is 0 Å². The first-order chi connectivity index (χ1) is 5.38. The summed E-state index contributed by atoms with van der Waals surface area (Å²) in [7, 11) is 0. The van der Waals surface area contributed by atoms with Crippen molar-refractivity contribution in [3.05, 3.63) is 18.3 Å². The van der Waals surface area contributed by atoms with Crippen LogP contribution in [0.1, 0.15) is 0 Å². The monoisotopic (exact) mass is 168 g/mol. The van der Waals surface area contributed by atoms with Crippen molar-refractivity contribution in [3.8, 4) is 5.75 Å². The number of anilines is 1. The number of nitrogens with zero attached hydrogens (tertiary/aromatic N) is 2. The van der Waals surface area contributed by atoms with Crippen LogP contribution in [0.2, 0.25) is 0 Å². The molecule has 2 heterocycles. The Labute approximate surface area is 70.5 Å². The van der Waals surface area contributed by atoms with Crippen LogP contribution < -0.4 is 9.04 Å². The van der Waals surface area contributed by atoms with Gasteiger partial charge in [-0.2, -0.15) is 0 Å². The van der Waals surface area contributed by atoms with Crippen LogP contribution in [0.4, 0.5) is 5.82 Å². The average Bonchev–Trinajstić information content (AvgIpc) is 2.06. The Morgan fingerprint density at radius 3 is 3.36 bits per heavy atom. The molecule has 0 spiro atoms. The molecule has 0 unspecified atom stereocenters. The molecular formula is C7H8N2OS. The van der Waals surface area contributed by atoms with Crippen LogP contribution >= 0.6 is 12.8 Å². The first-order valence-corrected chi connectivity index (χ1v) is 3.82. The fraction of sp³-hybridized carbons (Fsp3) is 0.286. The van der Waals surface area contributed by atoms with Crippen LogP contribution in [-0.2, 0) is 0 Å². The van der Waals surface area contributed by atoms with E-state index in [2.05, 4.69) is 17.8 Å². The fourth-order valence-corrected chi connectivity index (χ4v) is 1.27. The minimum absolute atomic E-state index is 0.683. The van der Waals surface area contributed by atoms with E-state index >= 15 is 0 Å². The number of thiol groups is 1. The quantitative estimate of drug-likeness (QED) is 0.588. The van der Waals surface area contributed by atoms with Crippen molar-refractivity contribution in [2.24, 2.45) is 0 Å². The van der Waals surface area contributed by atoms with E-state index < -0.39 is 0 Å². The third-order valence-electron chi connectivity index (χ3n) is 1.56. The summed E-state index contributed by atoms with van der Waals surface area (Å²) in [4.78, 5) is 4.12. The largest absolute Gasteiger partial charge is 0.488 e. The van der Waals surface area contributed by atoms with E-state index in [1.807, 2.05) is 12.1 Å². The molecule has 0 saturated carbocycles. The van der Waals surface area contributed by atoms with Crippen molar-refractivity contribution < 1.29 is 4.74 Å². The summed E-state index contributed by atoms with van der Waals surface area (Å²) >= 11 is 4.23. The first-order valence-electron chi connectivity index (χ1n) is 3.42. The number of aromatic nitrogens is 1. The highest BCUT2D eigenvalue weighted by Crippen LogP contribution is 2.28. The molecule has 0 fully saturated rings. The van der Waals surface area contributed by atoms with Gasteiger partial charge in [0.1, 0.15) is 6.61 Å². The second kappa shape index (κ2) is 2.62. The van der Waals surface area contributed by atoms with Crippen molar-refractivity contribution in [1.29, 1.82) is 0 Å². The summed E-state index contributed by atoms with van der Waals surface area (Å²) < 4.78 is 7.13. The maximum atomic E-state index is 5.34. The minimum atomic E-state index is 0.683. The third-order valence-corrected chi connectivity index (χ3v) is 1.95. The lowest BCUT2D eigenvalue weighted by atomic mass is 10.4. The predicted octanol–water partition coefficient (Wildman–Crippen LogP) is 1.13. The van der Waals surface area contributed by atoms with Crippen LogP contribution in [-0.4, -0.2) is 18.1 Å². The highest BCUT2D eigenvalue weighted by molar-refractivity contribution is 7.81. The molecule has 0 bridgehead atoms. The zero-order valence-corrected chi connectivity index (χ0v) is 6.79.